The van der Waals surface area contributed by atoms with Crippen LogP contribution in [0.5, 0.6) is 0 Å². The number of hydrogen-bond acceptors (Lipinski definition) is 2. The molecule has 0 unspecified atom stereocenters. The molecule has 0 amide bonds. The molecule has 3 aromatic carbocycles. The topological polar surface area (TPSA) is 25.8 Å². The molecule has 104 valence electrons. The van der Waals surface area contributed by atoms with Gasteiger partial charge in [-0.15, -0.1) is 10.2 Å². The summed E-state index contributed by atoms with van der Waals surface area (Å²) < 4.78 is 0. The Balaban J connectivity index is 2.09. The first-order valence-electron chi connectivity index (χ1n) is 7.30. The van der Waals surface area contributed by atoms with E-state index in [1.807, 2.05) is 42.5 Å². The molecule has 2 heteroatoms. The van der Waals surface area contributed by atoms with Gasteiger partial charge in [-0.25, -0.2) is 0 Å². The van der Waals surface area contributed by atoms with Crippen LogP contribution in [0.15, 0.2) is 84.9 Å². The molecule has 0 aliphatic carbocycles. The van der Waals surface area contributed by atoms with Crippen molar-refractivity contribution in [3.63, 3.8) is 0 Å². The fourth-order valence-electron chi connectivity index (χ4n) is 2.75. The van der Waals surface area contributed by atoms with Crippen LogP contribution in [0.3, 0.4) is 0 Å². The third-order valence-corrected chi connectivity index (χ3v) is 3.78. The van der Waals surface area contributed by atoms with Gasteiger partial charge in [0.05, 0.1) is 5.52 Å². The fraction of sp³-hybridized carbons (Fsp3) is 0. The Morgan fingerprint density at radius 3 is 1.82 bits per heavy atom. The van der Waals surface area contributed by atoms with Gasteiger partial charge in [-0.2, -0.15) is 0 Å². The lowest BCUT2D eigenvalue weighted by molar-refractivity contribution is 1.08. The summed E-state index contributed by atoms with van der Waals surface area (Å²) in [5, 5.41) is 10.0. The van der Waals surface area contributed by atoms with Crippen LogP contribution in [0.1, 0.15) is 0 Å². The molecule has 22 heavy (non-hydrogen) atoms. The van der Waals surface area contributed by atoms with E-state index < -0.39 is 0 Å². The molecule has 0 saturated carbocycles. The summed E-state index contributed by atoms with van der Waals surface area (Å²) in [6, 6.07) is 28.8. The maximum Gasteiger partial charge on any atom is 0.101 e. The molecule has 2 nitrogen and oxygen atoms in total. The molecule has 0 spiro atoms. The van der Waals surface area contributed by atoms with Gasteiger partial charge in [-0.05, 0) is 11.6 Å². The highest BCUT2D eigenvalue weighted by Crippen LogP contribution is 2.35. The van der Waals surface area contributed by atoms with Crippen LogP contribution in [0, 0.1) is 0 Å². The lowest BCUT2D eigenvalue weighted by atomic mass is 9.96. The predicted molar refractivity (Wildman–Crippen MR) is 90.4 cm³/mol. The number of benzene rings is 3. The minimum absolute atomic E-state index is 0.918. The highest BCUT2D eigenvalue weighted by Gasteiger charge is 2.13. The summed E-state index contributed by atoms with van der Waals surface area (Å²) >= 11 is 0. The molecule has 4 aromatic rings. The normalized spacial score (nSPS) is 10.7. The smallest absolute Gasteiger partial charge is 0.101 e. The lowest BCUT2D eigenvalue weighted by Gasteiger charge is -2.11. The molecule has 1 heterocycles. The number of fused-ring (bicyclic) bond motifs is 1. The van der Waals surface area contributed by atoms with Gasteiger partial charge in [-0.3, -0.25) is 0 Å². The van der Waals surface area contributed by atoms with Crippen molar-refractivity contribution >= 4 is 10.9 Å². The molecular formula is C20H14N2. The highest BCUT2D eigenvalue weighted by molar-refractivity contribution is 6.00. The molecule has 0 fully saturated rings. The molecule has 0 atom stereocenters. The van der Waals surface area contributed by atoms with Crippen molar-refractivity contribution in [1.29, 1.82) is 0 Å². The standard InChI is InChI=1S/C20H14N2/c1-3-9-15(10-4-1)19-17-13-7-8-14-18(17)21-22-20(19)16-11-5-2-6-12-16/h1-14H. The molecule has 0 aliphatic rings. The third-order valence-electron chi connectivity index (χ3n) is 3.78. The summed E-state index contributed by atoms with van der Waals surface area (Å²) in [6.07, 6.45) is 0. The minimum Gasteiger partial charge on any atom is -0.150 e. The van der Waals surface area contributed by atoms with E-state index in [0.717, 1.165) is 33.3 Å². The number of hydrogen-bond donors (Lipinski definition) is 0. The van der Waals surface area contributed by atoms with E-state index >= 15 is 0 Å². The summed E-state index contributed by atoms with van der Waals surface area (Å²) in [5.41, 5.74) is 5.22. The maximum absolute atomic E-state index is 4.50. The first kappa shape index (κ1) is 12.7. The van der Waals surface area contributed by atoms with E-state index in [-0.39, 0.29) is 0 Å². The van der Waals surface area contributed by atoms with Gasteiger partial charge in [0.1, 0.15) is 5.69 Å². The molecular weight excluding hydrogens is 268 g/mol. The number of aromatic nitrogens is 2. The molecule has 0 saturated heterocycles. The van der Waals surface area contributed by atoms with Crippen LogP contribution >= 0.6 is 0 Å². The summed E-state index contributed by atoms with van der Waals surface area (Å²) in [7, 11) is 0. The maximum atomic E-state index is 4.50. The Morgan fingerprint density at radius 1 is 0.500 bits per heavy atom. The van der Waals surface area contributed by atoms with Crippen LogP contribution in [0.2, 0.25) is 0 Å². The van der Waals surface area contributed by atoms with Crippen LogP contribution in [0.25, 0.3) is 33.3 Å². The van der Waals surface area contributed by atoms with Crippen molar-refractivity contribution in [2.45, 2.75) is 0 Å². The number of nitrogens with zero attached hydrogens (tertiary/aromatic N) is 2. The second-order valence-electron chi connectivity index (χ2n) is 5.17. The van der Waals surface area contributed by atoms with E-state index in [2.05, 4.69) is 52.7 Å². The van der Waals surface area contributed by atoms with E-state index in [9.17, 15) is 0 Å². The van der Waals surface area contributed by atoms with Gasteiger partial charge >= 0.3 is 0 Å². The fourth-order valence-corrected chi connectivity index (χ4v) is 2.75. The Labute approximate surface area is 129 Å². The van der Waals surface area contributed by atoms with Crippen LogP contribution in [0.4, 0.5) is 0 Å². The Hall–Kier alpha value is -3.00. The summed E-state index contributed by atoms with van der Waals surface area (Å²) in [5.74, 6) is 0. The van der Waals surface area contributed by atoms with Gasteiger partial charge in [0.2, 0.25) is 0 Å². The lowest BCUT2D eigenvalue weighted by Crippen LogP contribution is -1.94. The van der Waals surface area contributed by atoms with Crippen LogP contribution in [-0.4, -0.2) is 10.2 Å². The predicted octanol–water partition coefficient (Wildman–Crippen LogP) is 4.96. The largest absolute Gasteiger partial charge is 0.150 e. The first-order chi connectivity index (χ1) is 10.9. The zero-order valence-corrected chi connectivity index (χ0v) is 12.0. The molecule has 1 aromatic heterocycles. The second-order valence-corrected chi connectivity index (χ2v) is 5.17. The molecule has 4 rings (SSSR count). The summed E-state index contributed by atoms with van der Waals surface area (Å²) in [4.78, 5) is 0. The first-order valence-corrected chi connectivity index (χ1v) is 7.30. The van der Waals surface area contributed by atoms with Gasteiger partial charge in [-0.1, -0.05) is 78.9 Å². The molecule has 0 radical (unpaired) electrons. The summed E-state index contributed by atoms with van der Waals surface area (Å²) in [6.45, 7) is 0. The second kappa shape index (κ2) is 5.41. The Kier molecular flexibility index (Phi) is 3.13. The van der Waals surface area contributed by atoms with Crippen LogP contribution < -0.4 is 0 Å². The third kappa shape index (κ3) is 2.15. The van der Waals surface area contributed by atoms with Crippen molar-refractivity contribution in [3.8, 4) is 22.4 Å². The molecule has 0 N–H and O–H groups in total. The Morgan fingerprint density at radius 2 is 1.09 bits per heavy atom. The molecule has 0 bridgehead atoms. The Bertz CT molecular complexity index is 916. The highest BCUT2D eigenvalue weighted by atomic mass is 15.1. The van der Waals surface area contributed by atoms with Crippen molar-refractivity contribution < 1.29 is 0 Å². The van der Waals surface area contributed by atoms with E-state index in [1.54, 1.807) is 0 Å². The average Bonchev–Trinajstić information content (AvgIpc) is 2.62. The van der Waals surface area contributed by atoms with Gasteiger partial charge in [0.15, 0.2) is 0 Å². The zero-order chi connectivity index (χ0) is 14.8. The van der Waals surface area contributed by atoms with E-state index in [4.69, 9.17) is 0 Å². The van der Waals surface area contributed by atoms with Crippen molar-refractivity contribution in [1.82, 2.24) is 10.2 Å². The van der Waals surface area contributed by atoms with Crippen LogP contribution in [-0.2, 0) is 0 Å². The quantitative estimate of drug-likeness (QED) is 0.519. The SMILES string of the molecule is c1ccc(-c2nnc3ccccc3c2-c2ccccc2)cc1. The van der Waals surface area contributed by atoms with Crippen molar-refractivity contribution in [2.75, 3.05) is 0 Å². The van der Waals surface area contributed by atoms with Gasteiger partial charge in [0.25, 0.3) is 0 Å². The van der Waals surface area contributed by atoms with Crippen molar-refractivity contribution in [2.24, 2.45) is 0 Å². The zero-order valence-electron chi connectivity index (χ0n) is 12.0. The van der Waals surface area contributed by atoms with Crippen molar-refractivity contribution in [3.05, 3.63) is 84.9 Å². The van der Waals surface area contributed by atoms with E-state index in [0.29, 0.717) is 0 Å². The minimum atomic E-state index is 0.918. The van der Waals surface area contributed by atoms with E-state index in [1.165, 1.54) is 0 Å². The molecule has 0 aliphatic heterocycles. The van der Waals surface area contributed by atoms with Gasteiger partial charge in [0, 0.05) is 16.5 Å². The monoisotopic (exact) mass is 282 g/mol. The number of rotatable bonds is 2. The van der Waals surface area contributed by atoms with Gasteiger partial charge < -0.3 is 0 Å². The average molecular weight is 282 g/mol.